The molecule has 2 aliphatic heterocycles. The summed E-state index contributed by atoms with van der Waals surface area (Å²) in [5.74, 6) is -0.548. The van der Waals surface area contributed by atoms with Gasteiger partial charge in [0.2, 0.25) is 0 Å². The first-order chi connectivity index (χ1) is 9.46. The van der Waals surface area contributed by atoms with Gasteiger partial charge in [-0.15, -0.1) is 0 Å². The highest BCUT2D eigenvalue weighted by molar-refractivity contribution is 5.47. The van der Waals surface area contributed by atoms with E-state index in [1.807, 2.05) is 6.07 Å². The molecule has 0 saturated carbocycles. The monoisotopic (exact) mass is 280 g/mol. The van der Waals surface area contributed by atoms with Gasteiger partial charge >= 0.3 is 0 Å². The minimum Gasteiger partial charge on any atom is -0.394 e. The third-order valence-corrected chi connectivity index (χ3v) is 3.50. The van der Waals surface area contributed by atoms with Crippen LogP contribution in [0.1, 0.15) is 25.6 Å². The highest BCUT2D eigenvalue weighted by atomic mass is 16.8. The summed E-state index contributed by atoms with van der Waals surface area (Å²) in [6.07, 6.45) is -0.590. The predicted molar refractivity (Wildman–Crippen MR) is 66.2 cm³/mol. The van der Waals surface area contributed by atoms with Crippen molar-refractivity contribution in [1.29, 1.82) is 5.26 Å². The van der Waals surface area contributed by atoms with Gasteiger partial charge in [0.1, 0.15) is 35.8 Å². The number of nitrogen functional groups attached to an aromatic ring is 1. The van der Waals surface area contributed by atoms with Crippen molar-refractivity contribution in [1.82, 2.24) is 9.78 Å². The van der Waals surface area contributed by atoms with Crippen LogP contribution in [0.2, 0.25) is 0 Å². The third kappa shape index (κ3) is 1.87. The van der Waals surface area contributed by atoms with E-state index in [9.17, 15) is 5.11 Å². The summed E-state index contributed by atoms with van der Waals surface area (Å²) < 4.78 is 18.7. The quantitative estimate of drug-likeness (QED) is 0.767. The Balaban J connectivity index is 1.94. The maximum Gasteiger partial charge on any atom is 0.181 e. The lowest BCUT2D eigenvalue weighted by molar-refractivity contribution is -0.201. The van der Waals surface area contributed by atoms with Gasteiger partial charge in [0, 0.05) is 0 Å². The van der Waals surface area contributed by atoms with Gasteiger partial charge in [0.05, 0.1) is 12.8 Å². The Kier molecular flexibility index (Phi) is 2.95. The number of anilines is 1. The molecule has 8 heteroatoms. The van der Waals surface area contributed by atoms with E-state index >= 15 is 0 Å². The Morgan fingerprint density at radius 3 is 2.80 bits per heavy atom. The number of nitrogens with zero attached hydrogens (tertiary/aromatic N) is 3. The number of hydrogen-bond acceptors (Lipinski definition) is 7. The molecule has 3 rings (SSSR count). The molecular formula is C12H16N4O4. The smallest absolute Gasteiger partial charge is 0.181 e. The van der Waals surface area contributed by atoms with Crippen LogP contribution >= 0.6 is 0 Å². The van der Waals surface area contributed by atoms with Gasteiger partial charge in [-0.1, -0.05) is 0 Å². The van der Waals surface area contributed by atoms with Crippen LogP contribution in [-0.2, 0) is 14.2 Å². The Labute approximate surface area is 115 Å². The fourth-order valence-electron chi connectivity index (χ4n) is 2.66. The molecule has 0 aromatic carbocycles. The van der Waals surface area contributed by atoms with E-state index in [0.717, 1.165) is 0 Å². The lowest BCUT2D eigenvalue weighted by Crippen LogP contribution is -2.31. The first-order valence-electron chi connectivity index (χ1n) is 6.32. The van der Waals surface area contributed by atoms with Crippen LogP contribution in [0.4, 0.5) is 5.82 Å². The Morgan fingerprint density at radius 2 is 2.20 bits per heavy atom. The first kappa shape index (κ1) is 13.3. The molecule has 8 nitrogen and oxygen atoms in total. The van der Waals surface area contributed by atoms with Crippen molar-refractivity contribution < 1.29 is 19.3 Å². The second kappa shape index (κ2) is 4.43. The molecule has 1 aromatic heterocycles. The minimum atomic E-state index is -0.759. The van der Waals surface area contributed by atoms with Crippen LogP contribution in [0.3, 0.4) is 0 Å². The molecule has 108 valence electrons. The number of ether oxygens (including phenoxy) is 3. The van der Waals surface area contributed by atoms with Gasteiger partial charge in [-0.3, -0.25) is 0 Å². The van der Waals surface area contributed by atoms with Crippen molar-refractivity contribution >= 4 is 5.82 Å². The van der Waals surface area contributed by atoms with Gasteiger partial charge in [0.15, 0.2) is 12.0 Å². The Morgan fingerprint density at radius 1 is 1.50 bits per heavy atom. The van der Waals surface area contributed by atoms with Crippen LogP contribution in [0.15, 0.2) is 6.20 Å². The molecule has 2 aliphatic rings. The molecule has 0 radical (unpaired) electrons. The minimum absolute atomic E-state index is 0.191. The van der Waals surface area contributed by atoms with E-state index in [4.69, 9.17) is 25.2 Å². The first-order valence-corrected chi connectivity index (χ1v) is 6.32. The molecule has 2 saturated heterocycles. The maximum absolute atomic E-state index is 9.39. The number of aromatic nitrogens is 2. The molecule has 1 unspecified atom stereocenters. The van der Waals surface area contributed by atoms with E-state index < -0.39 is 30.3 Å². The van der Waals surface area contributed by atoms with E-state index in [-0.39, 0.29) is 18.0 Å². The number of fused-ring (bicyclic) bond motifs is 1. The fourth-order valence-corrected chi connectivity index (χ4v) is 2.66. The number of aliphatic hydroxyl groups excluding tert-OH is 1. The molecule has 4 atom stereocenters. The molecule has 20 heavy (non-hydrogen) atoms. The SMILES string of the molecule is CC1(C)OC2[C@@H](O1)[C@@H](CO)O[C@H]2n1ncc(C#N)c1N. The van der Waals surface area contributed by atoms with Crippen molar-refractivity contribution in [2.75, 3.05) is 12.3 Å². The molecule has 3 N–H and O–H groups in total. The van der Waals surface area contributed by atoms with Crippen molar-refractivity contribution in [2.45, 2.75) is 44.2 Å². The standard InChI is InChI=1S/C12H16N4O4/c1-12(2)19-8-7(5-17)18-11(9(8)20-12)16-10(14)6(3-13)4-15-16/h4,7-9,11,17H,5,14H2,1-2H3/t7-,8+,9?,11-/m1/s1. The summed E-state index contributed by atoms with van der Waals surface area (Å²) in [5.41, 5.74) is 6.14. The molecule has 0 spiro atoms. The number of hydrogen-bond donors (Lipinski definition) is 2. The van der Waals surface area contributed by atoms with Crippen molar-refractivity contribution in [3.63, 3.8) is 0 Å². The molecule has 2 fully saturated rings. The predicted octanol–water partition coefficient (Wildman–Crippen LogP) is -0.253. The van der Waals surface area contributed by atoms with Crippen molar-refractivity contribution in [3.05, 3.63) is 11.8 Å². The van der Waals surface area contributed by atoms with Crippen molar-refractivity contribution in [2.24, 2.45) is 0 Å². The van der Waals surface area contributed by atoms with Gasteiger partial charge in [-0.25, -0.2) is 4.68 Å². The molecule has 0 bridgehead atoms. The maximum atomic E-state index is 9.39. The summed E-state index contributed by atoms with van der Waals surface area (Å²) in [6, 6.07) is 1.95. The van der Waals surface area contributed by atoms with E-state index in [2.05, 4.69) is 5.10 Å². The molecule has 0 aliphatic carbocycles. The zero-order valence-electron chi connectivity index (χ0n) is 11.2. The highest BCUT2D eigenvalue weighted by Gasteiger charge is 2.56. The van der Waals surface area contributed by atoms with Gasteiger partial charge in [-0.2, -0.15) is 10.4 Å². The number of nitrogens with two attached hydrogens (primary N) is 1. The number of aliphatic hydroxyl groups is 1. The van der Waals surface area contributed by atoms with Gasteiger partial charge in [0.25, 0.3) is 0 Å². The second-order valence-electron chi connectivity index (χ2n) is 5.31. The zero-order chi connectivity index (χ0) is 14.5. The normalized spacial score (nSPS) is 34.9. The van der Waals surface area contributed by atoms with Crippen molar-refractivity contribution in [3.8, 4) is 6.07 Å². The summed E-state index contributed by atoms with van der Waals surface area (Å²) in [5, 5.41) is 22.4. The van der Waals surface area contributed by atoms with E-state index in [0.29, 0.717) is 0 Å². The number of rotatable bonds is 2. The average molecular weight is 280 g/mol. The van der Waals surface area contributed by atoms with E-state index in [1.54, 1.807) is 13.8 Å². The second-order valence-corrected chi connectivity index (χ2v) is 5.31. The lowest BCUT2D eigenvalue weighted by atomic mass is 10.1. The molecule has 0 amide bonds. The summed E-state index contributed by atoms with van der Waals surface area (Å²) in [6.45, 7) is 3.40. The highest BCUT2D eigenvalue weighted by Crippen LogP contribution is 2.43. The van der Waals surface area contributed by atoms with E-state index in [1.165, 1.54) is 10.9 Å². The topological polar surface area (TPSA) is 116 Å². The van der Waals surface area contributed by atoms with Crippen LogP contribution in [0, 0.1) is 11.3 Å². The summed E-state index contributed by atoms with van der Waals surface area (Å²) in [4.78, 5) is 0. The third-order valence-electron chi connectivity index (χ3n) is 3.50. The van der Waals surface area contributed by atoms with Crippen LogP contribution in [-0.4, -0.2) is 45.6 Å². The summed E-state index contributed by atoms with van der Waals surface area (Å²) in [7, 11) is 0. The summed E-state index contributed by atoms with van der Waals surface area (Å²) >= 11 is 0. The lowest BCUT2D eigenvalue weighted by Gasteiger charge is -2.24. The Bertz CT molecular complexity index is 564. The number of nitriles is 1. The molecular weight excluding hydrogens is 264 g/mol. The molecule has 3 heterocycles. The zero-order valence-corrected chi connectivity index (χ0v) is 11.2. The van der Waals surface area contributed by atoms with Gasteiger partial charge < -0.3 is 25.1 Å². The molecule has 1 aromatic rings. The van der Waals surface area contributed by atoms with Crippen LogP contribution < -0.4 is 5.73 Å². The van der Waals surface area contributed by atoms with Gasteiger partial charge in [-0.05, 0) is 13.8 Å². The average Bonchev–Trinajstić information content (AvgIpc) is 3.00. The van der Waals surface area contributed by atoms with Crippen LogP contribution in [0.25, 0.3) is 0 Å². The van der Waals surface area contributed by atoms with Crippen LogP contribution in [0.5, 0.6) is 0 Å². The largest absolute Gasteiger partial charge is 0.394 e. The fraction of sp³-hybridized carbons (Fsp3) is 0.667. The Hall–Kier alpha value is -1.66.